The summed E-state index contributed by atoms with van der Waals surface area (Å²) in [7, 11) is 0. The van der Waals surface area contributed by atoms with Crippen LogP contribution in [0.15, 0.2) is 29.4 Å². The molecule has 0 unspecified atom stereocenters. The Bertz CT molecular complexity index is 293. The van der Waals surface area contributed by atoms with Crippen LogP contribution in [0.4, 0.5) is 0 Å². The number of carbonyl (C=O) groups is 1. The minimum atomic E-state index is -0.965. The van der Waals surface area contributed by atoms with Crippen molar-refractivity contribution in [3.8, 4) is 5.75 Å². The fourth-order valence-electron chi connectivity index (χ4n) is 0.733. The molecule has 0 aliphatic heterocycles. The molecule has 4 nitrogen and oxygen atoms in total. The molecule has 4 heteroatoms. The SMILES string of the molecule is C=NOc1ccc(C(=O)O)cc1.CC. The summed E-state index contributed by atoms with van der Waals surface area (Å²) in [5.41, 5.74) is 0.214. The Morgan fingerprint density at radius 3 is 2.21 bits per heavy atom. The van der Waals surface area contributed by atoms with E-state index in [1.807, 2.05) is 13.8 Å². The molecule has 0 atom stereocenters. The smallest absolute Gasteiger partial charge is 0.335 e. The van der Waals surface area contributed by atoms with Gasteiger partial charge in [0.25, 0.3) is 0 Å². The van der Waals surface area contributed by atoms with Gasteiger partial charge in [0.15, 0.2) is 5.75 Å². The molecule has 0 spiro atoms. The second kappa shape index (κ2) is 6.65. The zero-order valence-corrected chi connectivity index (χ0v) is 8.23. The molecular formula is C10H13NO3. The van der Waals surface area contributed by atoms with Gasteiger partial charge in [0.05, 0.1) is 5.56 Å². The van der Waals surface area contributed by atoms with E-state index in [2.05, 4.69) is 16.7 Å². The van der Waals surface area contributed by atoms with Crippen molar-refractivity contribution in [3.05, 3.63) is 29.8 Å². The number of aromatic carboxylic acids is 1. The number of carboxylic acids is 1. The summed E-state index contributed by atoms with van der Waals surface area (Å²) in [6.45, 7) is 7.12. The number of carboxylic acid groups (broad SMARTS) is 1. The lowest BCUT2D eigenvalue weighted by Crippen LogP contribution is -1.94. The quantitative estimate of drug-likeness (QED) is 0.595. The summed E-state index contributed by atoms with van der Waals surface area (Å²) in [6.07, 6.45) is 0. The molecule has 1 rings (SSSR count). The lowest BCUT2D eigenvalue weighted by atomic mass is 10.2. The van der Waals surface area contributed by atoms with Crippen LogP contribution in [-0.4, -0.2) is 17.8 Å². The molecule has 0 saturated heterocycles. The first kappa shape index (κ1) is 12.2. The Balaban J connectivity index is 0.000000791. The summed E-state index contributed by atoms with van der Waals surface area (Å²) in [5.74, 6) is -0.497. The van der Waals surface area contributed by atoms with E-state index in [9.17, 15) is 4.79 Å². The van der Waals surface area contributed by atoms with E-state index in [4.69, 9.17) is 5.11 Å². The minimum absolute atomic E-state index is 0.214. The summed E-state index contributed by atoms with van der Waals surface area (Å²) in [6, 6.07) is 5.89. The maximum absolute atomic E-state index is 10.4. The molecule has 0 bridgehead atoms. The average molecular weight is 195 g/mol. The van der Waals surface area contributed by atoms with Gasteiger partial charge in [-0.25, -0.2) is 4.79 Å². The third kappa shape index (κ3) is 3.71. The Morgan fingerprint density at radius 1 is 1.36 bits per heavy atom. The van der Waals surface area contributed by atoms with Gasteiger partial charge in [0.1, 0.15) is 0 Å². The first-order valence-corrected chi connectivity index (χ1v) is 4.20. The normalized spacial score (nSPS) is 8.14. The maximum Gasteiger partial charge on any atom is 0.335 e. The topological polar surface area (TPSA) is 58.9 Å². The summed E-state index contributed by atoms with van der Waals surface area (Å²) in [4.78, 5) is 15.1. The first-order valence-electron chi connectivity index (χ1n) is 4.20. The summed E-state index contributed by atoms with van der Waals surface area (Å²) in [5, 5.41) is 11.7. The van der Waals surface area contributed by atoms with E-state index in [1.54, 1.807) is 0 Å². The van der Waals surface area contributed by atoms with E-state index in [1.165, 1.54) is 24.3 Å². The highest BCUT2D eigenvalue weighted by atomic mass is 16.6. The standard InChI is InChI=1S/C8H7NO3.C2H6/c1-9-12-7-4-2-6(3-5-7)8(10)11;1-2/h2-5H,1H2,(H,10,11);1-2H3. The van der Waals surface area contributed by atoms with Gasteiger partial charge in [-0.15, -0.1) is 0 Å². The molecule has 0 aliphatic carbocycles. The zero-order valence-electron chi connectivity index (χ0n) is 8.23. The van der Waals surface area contributed by atoms with E-state index in [0.717, 1.165) is 0 Å². The molecule has 1 aromatic rings. The number of oxime groups is 1. The van der Waals surface area contributed by atoms with Crippen LogP contribution >= 0.6 is 0 Å². The molecule has 0 aliphatic rings. The molecule has 14 heavy (non-hydrogen) atoms. The Labute approximate surface area is 82.8 Å². The van der Waals surface area contributed by atoms with Crippen molar-refractivity contribution in [1.29, 1.82) is 0 Å². The molecule has 0 heterocycles. The van der Waals surface area contributed by atoms with Gasteiger partial charge in [0, 0.05) is 6.72 Å². The molecule has 0 aromatic heterocycles. The summed E-state index contributed by atoms with van der Waals surface area (Å²) >= 11 is 0. The number of hydrogen-bond acceptors (Lipinski definition) is 3. The van der Waals surface area contributed by atoms with E-state index in [0.29, 0.717) is 5.75 Å². The van der Waals surface area contributed by atoms with Crippen LogP contribution in [0, 0.1) is 0 Å². The van der Waals surface area contributed by atoms with Crippen LogP contribution in [0.25, 0.3) is 0 Å². The number of nitrogens with zero attached hydrogens (tertiary/aromatic N) is 1. The molecule has 1 aromatic carbocycles. The van der Waals surface area contributed by atoms with Crippen LogP contribution < -0.4 is 4.84 Å². The molecule has 0 saturated carbocycles. The van der Waals surface area contributed by atoms with Crippen molar-refractivity contribution < 1.29 is 14.7 Å². The second-order valence-corrected chi connectivity index (χ2v) is 2.05. The molecule has 0 fully saturated rings. The van der Waals surface area contributed by atoms with E-state index in [-0.39, 0.29) is 5.56 Å². The van der Waals surface area contributed by atoms with Crippen molar-refractivity contribution in [2.75, 3.05) is 0 Å². The van der Waals surface area contributed by atoms with Crippen molar-refractivity contribution in [1.82, 2.24) is 0 Å². The molecule has 76 valence electrons. The lowest BCUT2D eigenvalue weighted by Gasteiger charge is -1.97. The predicted molar refractivity (Wildman–Crippen MR) is 54.9 cm³/mol. The van der Waals surface area contributed by atoms with Crippen molar-refractivity contribution in [2.45, 2.75) is 13.8 Å². The second-order valence-electron chi connectivity index (χ2n) is 2.05. The molecule has 0 radical (unpaired) electrons. The van der Waals surface area contributed by atoms with Gasteiger partial charge < -0.3 is 9.94 Å². The van der Waals surface area contributed by atoms with Gasteiger partial charge in [-0.2, -0.15) is 0 Å². The maximum atomic E-state index is 10.4. The predicted octanol–water partition coefficient (Wildman–Crippen LogP) is 2.41. The molecule has 0 amide bonds. The highest BCUT2D eigenvalue weighted by Crippen LogP contribution is 2.11. The third-order valence-electron chi connectivity index (χ3n) is 1.27. The summed E-state index contributed by atoms with van der Waals surface area (Å²) < 4.78 is 0. The van der Waals surface area contributed by atoms with Gasteiger partial charge >= 0.3 is 5.97 Å². The highest BCUT2D eigenvalue weighted by Gasteiger charge is 2.01. The van der Waals surface area contributed by atoms with Crippen molar-refractivity contribution in [2.24, 2.45) is 5.16 Å². The fraction of sp³-hybridized carbons (Fsp3) is 0.200. The average Bonchev–Trinajstić information content (AvgIpc) is 2.22. The van der Waals surface area contributed by atoms with Crippen LogP contribution in [0.2, 0.25) is 0 Å². The highest BCUT2D eigenvalue weighted by molar-refractivity contribution is 5.87. The fourth-order valence-corrected chi connectivity index (χ4v) is 0.733. The number of rotatable bonds is 3. The monoisotopic (exact) mass is 195 g/mol. The van der Waals surface area contributed by atoms with Crippen molar-refractivity contribution in [3.63, 3.8) is 0 Å². The van der Waals surface area contributed by atoms with Crippen molar-refractivity contribution >= 4 is 12.7 Å². The van der Waals surface area contributed by atoms with E-state index >= 15 is 0 Å². The van der Waals surface area contributed by atoms with E-state index < -0.39 is 5.97 Å². The lowest BCUT2D eigenvalue weighted by molar-refractivity contribution is 0.0697. The Kier molecular flexibility index (Phi) is 5.78. The van der Waals surface area contributed by atoms with Crippen LogP contribution in [0.3, 0.4) is 0 Å². The van der Waals surface area contributed by atoms with Crippen LogP contribution in [-0.2, 0) is 0 Å². The number of hydrogen-bond donors (Lipinski definition) is 1. The van der Waals surface area contributed by atoms with Crippen LogP contribution in [0.5, 0.6) is 5.75 Å². The Morgan fingerprint density at radius 2 is 1.86 bits per heavy atom. The van der Waals surface area contributed by atoms with Gasteiger partial charge in [-0.05, 0) is 24.3 Å². The molecule has 1 N–H and O–H groups in total. The van der Waals surface area contributed by atoms with Gasteiger partial charge in [-0.3, -0.25) is 0 Å². The largest absolute Gasteiger partial charge is 0.478 e. The Hall–Kier alpha value is -1.84. The zero-order chi connectivity index (χ0) is 11.0. The number of benzene rings is 1. The first-order chi connectivity index (χ1) is 6.74. The van der Waals surface area contributed by atoms with Crippen LogP contribution in [0.1, 0.15) is 24.2 Å². The van der Waals surface area contributed by atoms with Gasteiger partial charge in [0.2, 0.25) is 0 Å². The molecular weight excluding hydrogens is 182 g/mol. The third-order valence-corrected chi connectivity index (χ3v) is 1.27. The minimum Gasteiger partial charge on any atom is -0.478 e. The van der Waals surface area contributed by atoms with Gasteiger partial charge in [-0.1, -0.05) is 19.0 Å².